The van der Waals surface area contributed by atoms with Gasteiger partial charge in [0.15, 0.2) is 5.65 Å². The Kier molecular flexibility index (Phi) is 3.79. The minimum atomic E-state index is 0.673. The molecule has 0 fully saturated rings. The number of nitrogens with zero attached hydrogens (tertiary/aromatic N) is 3. The quantitative estimate of drug-likeness (QED) is 0.786. The van der Waals surface area contributed by atoms with Gasteiger partial charge in [-0.1, -0.05) is 0 Å². The van der Waals surface area contributed by atoms with Crippen molar-refractivity contribution in [2.75, 3.05) is 12.4 Å². The summed E-state index contributed by atoms with van der Waals surface area (Å²) in [5.41, 5.74) is 3.88. The number of aryl methyl sites for hydroxylation is 1. The molecule has 0 radical (unpaired) electrons. The lowest BCUT2D eigenvalue weighted by Crippen LogP contribution is -2.02. The number of nitrogens with one attached hydrogen (secondary N) is 1. The first-order chi connectivity index (χ1) is 10.2. The van der Waals surface area contributed by atoms with E-state index in [0.29, 0.717) is 6.54 Å². The van der Waals surface area contributed by atoms with Crippen molar-refractivity contribution < 1.29 is 4.74 Å². The van der Waals surface area contributed by atoms with Gasteiger partial charge in [-0.05, 0) is 35.0 Å². The van der Waals surface area contributed by atoms with Crippen LogP contribution in [0, 0.1) is 6.92 Å². The summed E-state index contributed by atoms with van der Waals surface area (Å²) in [6, 6.07) is 7.86. The van der Waals surface area contributed by atoms with Gasteiger partial charge in [-0.15, -0.1) is 0 Å². The Labute approximate surface area is 131 Å². The zero-order chi connectivity index (χ0) is 14.8. The summed E-state index contributed by atoms with van der Waals surface area (Å²) in [5.74, 6) is 0.802. The van der Waals surface area contributed by atoms with Gasteiger partial charge in [0.1, 0.15) is 5.75 Å². The lowest BCUT2D eigenvalue weighted by atomic mass is 10.2. The van der Waals surface area contributed by atoms with Crippen LogP contribution in [0.5, 0.6) is 5.75 Å². The Morgan fingerprint density at radius 1 is 1.33 bits per heavy atom. The number of hydrogen-bond donors (Lipinski definition) is 1. The summed E-state index contributed by atoms with van der Waals surface area (Å²) in [7, 11) is 1.65. The first-order valence-corrected chi connectivity index (χ1v) is 7.33. The summed E-state index contributed by atoms with van der Waals surface area (Å²) in [5, 5.41) is 7.72. The maximum Gasteiger partial charge on any atom is 0.155 e. The molecule has 0 aliphatic heterocycles. The highest BCUT2D eigenvalue weighted by Crippen LogP contribution is 2.28. The minimum absolute atomic E-state index is 0.673. The van der Waals surface area contributed by atoms with Crippen molar-refractivity contribution in [3.8, 4) is 5.75 Å². The van der Waals surface area contributed by atoms with E-state index in [0.717, 1.165) is 32.8 Å². The van der Waals surface area contributed by atoms with Crippen molar-refractivity contribution in [2.45, 2.75) is 13.5 Å². The van der Waals surface area contributed by atoms with E-state index < -0.39 is 0 Å². The molecule has 3 aromatic rings. The lowest BCUT2D eigenvalue weighted by Gasteiger charge is -2.09. The van der Waals surface area contributed by atoms with Crippen LogP contribution in [0.2, 0.25) is 0 Å². The van der Waals surface area contributed by atoms with Gasteiger partial charge >= 0.3 is 0 Å². The van der Waals surface area contributed by atoms with Gasteiger partial charge in [-0.25, -0.2) is 9.50 Å². The van der Waals surface area contributed by atoms with Crippen LogP contribution < -0.4 is 10.1 Å². The number of ether oxygens (including phenoxy) is 1. The molecule has 1 aromatic carbocycles. The first kappa shape index (κ1) is 13.9. The molecule has 0 bridgehead atoms. The Morgan fingerprint density at radius 2 is 2.19 bits per heavy atom. The van der Waals surface area contributed by atoms with E-state index in [1.54, 1.807) is 11.6 Å². The molecule has 0 saturated heterocycles. The van der Waals surface area contributed by atoms with Crippen LogP contribution in [0.3, 0.4) is 0 Å². The number of fused-ring (bicyclic) bond motifs is 1. The fourth-order valence-electron chi connectivity index (χ4n) is 2.10. The molecule has 108 valence electrons. The normalized spacial score (nSPS) is 10.8. The maximum absolute atomic E-state index is 5.28. The van der Waals surface area contributed by atoms with E-state index in [-0.39, 0.29) is 0 Å². The van der Waals surface area contributed by atoms with E-state index in [1.807, 2.05) is 43.6 Å². The van der Waals surface area contributed by atoms with Crippen molar-refractivity contribution in [3.05, 3.63) is 52.4 Å². The van der Waals surface area contributed by atoms with Gasteiger partial charge in [-0.3, -0.25) is 0 Å². The van der Waals surface area contributed by atoms with Gasteiger partial charge in [0.05, 0.1) is 17.3 Å². The Morgan fingerprint density at radius 3 is 3.00 bits per heavy atom. The fourth-order valence-corrected chi connectivity index (χ4v) is 2.51. The zero-order valence-corrected chi connectivity index (χ0v) is 13.4. The predicted octanol–water partition coefficient (Wildman–Crippen LogP) is 3.42. The van der Waals surface area contributed by atoms with Crippen LogP contribution in [-0.2, 0) is 6.54 Å². The molecule has 1 N–H and O–H groups in total. The number of rotatable bonds is 4. The average molecular weight is 347 g/mol. The van der Waals surface area contributed by atoms with Crippen molar-refractivity contribution in [3.63, 3.8) is 0 Å². The SMILES string of the molecule is COc1cc(NCc2cnc3cc(C)nn3c2)ccc1Br. The summed E-state index contributed by atoms with van der Waals surface area (Å²) in [4.78, 5) is 4.39. The highest BCUT2D eigenvalue weighted by atomic mass is 79.9. The summed E-state index contributed by atoms with van der Waals surface area (Å²) in [6.45, 7) is 2.63. The van der Waals surface area contributed by atoms with Crippen LogP contribution in [0.4, 0.5) is 5.69 Å². The van der Waals surface area contributed by atoms with Crippen LogP contribution in [0.15, 0.2) is 41.1 Å². The molecule has 2 aromatic heterocycles. The number of aromatic nitrogens is 3. The van der Waals surface area contributed by atoms with E-state index in [2.05, 4.69) is 31.3 Å². The smallest absolute Gasteiger partial charge is 0.155 e. The third-order valence-electron chi connectivity index (χ3n) is 3.14. The van der Waals surface area contributed by atoms with Crippen LogP contribution >= 0.6 is 15.9 Å². The van der Waals surface area contributed by atoms with E-state index in [9.17, 15) is 0 Å². The average Bonchev–Trinajstić information content (AvgIpc) is 2.85. The van der Waals surface area contributed by atoms with Crippen molar-refractivity contribution in [1.82, 2.24) is 14.6 Å². The van der Waals surface area contributed by atoms with Gasteiger partial charge in [-0.2, -0.15) is 5.10 Å². The summed E-state index contributed by atoms with van der Waals surface area (Å²) >= 11 is 3.44. The molecule has 5 nitrogen and oxygen atoms in total. The fraction of sp³-hybridized carbons (Fsp3) is 0.200. The number of halogens is 1. The Balaban J connectivity index is 1.76. The first-order valence-electron chi connectivity index (χ1n) is 6.54. The van der Waals surface area contributed by atoms with Crippen LogP contribution in [0.25, 0.3) is 5.65 Å². The number of hydrogen-bond acceptors (Lipinski definition) is 4. The molecule has 0 atom stereocenters. The molecule has 3 rings (SSSR count). The second-order valence-electron chi connectivity index (χ2n) is 4.75. The summed E-state index contributed by atoms with van der Waals surface area (Å²) < 4.78 is 8.02. The Bertz CT molecular complexity index is 784. The molecule has 21 heavy (non-hydrogen) atoms. The zero-order valence-electron chi connectivity index (χ0n) is 11.8. The Hall–Kier alpha value is -2.08. The number of anilines is 1. The van der Waals surface area contributed by atoms with E-state index >= 15 is 0 Å². The van der Waals surface area contributed by atoms with Gasteiger partial charge in [0.2, 0.25) is 0 Å². The maximum atomic E-state index is 5.28. The third kappa shape index (κ3) is 3.00. The van der Waals surface area contributed by atoms with Gasteiger partial charge in [0, 0.05) is 42.3 Å². The predicted molar refractivity (Wildman–Crippen MR) is 85.7 cm³/mol. The third-order valence-corrected chi connectivity index (χ3v) is 3.79. The molecular weight excluding hydrogens is 332 g/mol. The highest BCUT2D eigenvalue weighted by molar-refractivity contribution is 9.10. The topological polar surface area (TPSA) is 51.5 Å². The minimum Gasteiger partial charge on any atom is -0.495 e. The van der Waals surface area contributed by atoms with Crippen molar-refractivity contribution >= 4 is 27.3 Å². The monoisotopic (exact) mass is 346 g/mol. The van der Waals surface area contributed by atoms with Crippen molar-refractivity contribution in [2.24, 2.45) is 0 Å². The van der Waals surface area contributed by atoms with Crippen LogP contribution in [0.1, 0.15) is 11.3 Å². The van der Waals surface area contributed by atoms with E-state index in [1.165, 1.54) is 0 Å². The molecule has 0 amide bonds. The second kappa shape index (κ2) is 5.73. The largest absolute Gasteiger partial charge is 0.495 e. The van der Waals surface area contributed by atoms with E-state index in [4.69, 9.17) is 4.74 Å². The van der Waals surface area contributed by atoms with Crippen LogP contribution in [-0.4, -0.2) is 21.7 Å². The molecule has 0 aliphatic rings. The molecule has 2 heterocycles. The molecule has 6 heteroatoms. The summed E-state index contributed by atoms with van der Waals surface area (Å²) in [6.07, 6.45) is 3.85. The van der Waals surface area contributed by atoms with Crippen molar-refractivity contribution in [1.29, 1.82) is 0 Å². The molecule has 0 unspecified atom stereocenters. The highest BCUT2D eigenvalue weighted by Gasteiger charge is 2.03. The standard InChI is InChI=1S/C15H15BrN4O/c1-10-5-15-18-8-11(9-20(15)19-10)7-17-12-3-4-13(16)14(6-12)21-2/h3-6,8-9,17H,7H2,1-2H3. The molecule has 0 spiro atoms. The molecular formula is C15H15BrN4O. The second-order valence-corrected chi connectivity index (χ2v) is 5.61. The van der Waals surface area contributed by atoms with Gasteiger partial charge in [0.25, 0.3) is 0 Å². The molecule has 0 aliphatic carbocycles. The number of benzene rings is 1. The van der Waals surface area contributed by atoms with Gasteiger partial charge < -0.3 is 10.1 Å². The lowest BCUT2D eigenvalue weighted by molar-refractivity contribution is 0.412. The molecule has 0 saturated carbocycles. The number of methoxy groups -OCH3 is 1.